The topological polar surface area (TPSA) is 32.5 Å². The maximum Gasteiger partial charge on any atom is 0.0126 e. The number of nitrogens with zero attached hydrogens (tertiary/aromatic N) is 2. The highest BCUT2D eigenvalue weighted by Crippen LogP contribution is 2.16. The predicted molar refractivity (Wildman–Crippen MR) is 75.3 cm³/mol. The van der Waals surface area contributed by atoms with Gasteiger partial charge in [-0.2, -0.15) is 0 Å². The summed E-state index contributed by atoms with van der Waals surface area (Å²) in [6.07, 6.45) is 3.54. The van der Waals surface area contributed by atoms with Crippen molar-refractivity contribution in [1.29, 1.82) is 0 Å². The van der Waals surface area contributed by atoms with Gasteiger partial charge in [0.25, 0.3) is 0 Å². The minimum Gasteiger partial charge on any atom is -0.328 e. The summed E-state index contributed by atoms with van der Waals surface area (Å²) in [5.41, 5.74) is 6.27. The Labute approximate surface area is 107 Å². The zero-order valence-electron chi connectivity index (χ0n) is 12.2. The van der Waals surface area contributed by atoms with Gasteiger partial charge in [0, 0.05) is 37.8 Å². The molecule has 1 atom stereocenters. The Morgan fingerprint density at radius 1 is 1.12 bits per heavy atom. The largest absolute Gasteiger partial charge is 0.328 e. The number of piperazine rings is 1. The van der Waals surface area contributed by atoms with Gasteiger partial charge in [-0.15, -0.1) is 0 Å². The van der Waals surface area contributed by atoms with Crippen molar-refractivity contribution in [2.75, 3.05) is 32.7 Å². The Bertz CT molecular complexity index is 202. The maximum absolute atomic E-state index is 5.94. The van der Waals surface area contributed by atoms with E-state index in [4.69, 9.17) is 5.73 Å². The van der Waals surface area contributed by atoms with Crippen LogP contribution in [-0.2, 0) is 0 Å². The molecule has 0 spiro atoms. The molecule has 2 N–H and O–H groups in total. The zero-order chi connectivity index (χ0) is 12.9. The van der Waals surface area contributed by atoms with Crippen molar-refractivity contribution in [3.63, 3.8) is 0 Å². The molecule has 3 heteroatoms. The monoisotopic (exact) mass is 241 g/mol. The number of nitrogens with two attached hydrogens (primary N) is 1. The average molecular weight is 241 g/mol. The number of rotatable bonds is 5. The Hall–Kier alpha value is -0.120. The molecule has 0 aliphatic carbocycles. The molecule has 0 aromatic rings. The predicted octanol–water partition coefficient (Wildman–Crippen LogP) is 1.92. The van der Waals surface area contributed by atoms with Crippen LogP contribution in [0.1, 0.15) is 47.0 Å². The molecule has 1 heterocycles. The van der Waals surface area contributed by atoms with Crippen LogP contribution in [-0.4, -0.2) is 54.1 Å². The van der Waals surface area contributed by atoms with Crippen LogP contribution in [0.25, 0.3) is 0 Å². The fourth-order valence-corrected chi connectivity index (χ4v) is 2.42. The molecule has 1 saturated heterocycles. The smallest absolute Gasteiger partial charge is 0.0126 e. The van der Waals surface area contributed by atoms with Crippen molar-refractivity contribution in [1.82, 2.24) is 9.80 Å². The van der Waals surface area contributed by atoms with E-state index >= 15 is 0 Å². The first-order valence-corrected chi connectivity index (χ1v) is 7.16. The summed E-state index contributed by atoms with van der Waals surface area (Å²) in [6, 6.07) is 0.408. The lowest BCUT2D eigenvalue weighted by Gasteiger charge is -2.42. The quantitative estimate of drug-likeness (QED) is 0.798. The summed E-state index contributed by atoms with van der Waals surface area (Å²) in [6.45, 7) is 15.2. The third kappa shape index (κ3) is 5.36. The van der Waals surface area contributed by atoms with Crippen LogP contribution in [0.5, 0.6) is 0 Å². The van der Waals surface area contributed by atoms with Gasteiger partial charge in [0.05, 0.1) is 0 Å². The summed E-state index contributed by atoms with van der Waals surface area (Å²) < 4.78 is 0. The van der Waals surface area contributed by atoms with E-state index in [0.29, 0.717) is 11.6 Å². The van der Waals surface area contributed by atoms with Crippen molar-refractivity contribution in [2.24, 2.45) is 5.73 Å². The molecule has 1 fully saturated rings. The molecule has 17 heavy (non-hydrogen) atoms. The molecule has 0 amide bonds. The van der Waals surface area contributed by atoms with E-state index in [1.807, 2.05) is 0 Å². The maximum atomic E-state index is 5.94. The van der Waals surface area contributed by atoms with Crippen LogP contribution in [0.15, 0.2) is 0 Å². The van der Waals surface area contributed by atoms with Crippen LogP contribution in [0.2, 0.25) is 0 Å². The van der Waals surface area contributed by atoms with Gasteiger partial charge >= 0.3 is 0 Å². The molecule has 1 unspecified atom stereocenters. The summed E-state index contributed by atoms with van der Waals surface area (Å²) >= 11 is 0. The Morgan fingerprint density at radius 3 is 2.18 bits per heavy atom. The molecular weight excluding hydrogens is 210 g/mol. The molecule has 3 nitrogen and oxygen atoms in total. The molecule has 0 aromatic carbocycles. The highest BCUT2D eigenvalue weighted by atomic mass is 15.3. The first-order valence-electron chi connectivity index (χ1n) is 7.16. The summed E-state index contributed by atoms with van der Waals surface area (Å²) in [7, 11) is 0. The van der Waals surface area contributed by atoms with E-state index in [9.17, 15) is 0 Å². The molecule has 1 rings (SSSR count). The molecule has 0 radical (unpaired) electrons. The van der Waals surface area contributed by atoms with Gasteiger partial charge in [-0.25, -0.2) is 0 Å². The molecular formula is C14H31N3. The van der Waals surface area contributed by atoms with Gasteiger partial charge in [-0.1, -0.05) is 6.92 Å². The summed E-state index contributed by atoms with van der Waals surface area (Å²) in [5, 5.41) is 0. The van der Waals surface area contributed by atoms with Crippen molar-refractivity contribution >= 4 is 0 Å². The second-order valence-electron chi connectivity index (χ2n) is 6.31. The van der Waals surface area contributed by atoms with E-state index < -0.39 is 0 Å². The van der Waals surface area contributed by atoms with E-state index in [-0.39, 0.29) is 0 Å². The average Bonchev–Trinajstić information content (AvgIpc) is 2.28. The molecule has 1 aliphatic heterocycles. The van der Waals surface area contributed by atoms with Gasteiger partial charge in [-0.05, 0) is 46.6 Å². The first-order chi connectivity index (χ1) is 7.93. The Kier molecular flexibility index (Phi) is 5.90. The van der Waals surface area contributed by atoms with E-state index in [2.05, 4.69) is 37.5 Å². The lowest BCUT2D eigenvalue weighted by atomic mass is 10.0. The Morgan fingerprint density at radius 2 is 1.71 bits per heavy atom. The lowest BCUT2D eigenvalue weighted by Crippen LogP contribution is -2.53. The molecule has 0 saturated carbocycles. The molecule has 0 aromatic heterocycles. The van der Waals surface area contributed by atoms with Crippen LogP contribution in [0, 0.1) is 0 Å². The highest BCUT2D eigenvalue weighted by molar-refractivity contribution is 4.81. The minimum atomic E-state index is 0.330. The van der Waals surface area contributed by atoms with Gasteiger partial charge in [0.15, 0.2) is 0 Å². The van der Waals surface area contributed by atoms with Gasteiger partial charge in [0.2, 0.25) is 0 Å². The third-order valence-corrected chi connectivity index (χ3v) is 3.89. The van der Waals surface area contributed by atoms with Crippen LogP contribution < -0.4 is 5.73 Å². The van der Waals surface area contributed by atoms with Gasteiger partial charge in [0.1, 0.15) is 0 Å². The standard InChI is InChI=1S/C14H31N3/c1-5-13(15)7-6-8-16-9-11-17(12-10-16)14(2,3)4/h13H,5-12,15H2,1-4H3. The third-order valence-electron chi connectivity index (χ3n) is 3.89. The van der Waals surface area contributed by atoms with Crippen molar-refractivity contribution in [3.05, 3.63) is 0 Å². The van der Waals surface area contributed by atoms with E-state index in [1.165, 1.54) is 45.6 Å². The molecule has 1 aliphatic rings. The molecule has 0 bridgehead atoms. The van der Waals surface area contributed by atoms with Gasteiger partial charge < -0.3 is 10.6 Å². The second kappa shape index (κ2) is 6.72. The van der Waals surface area contributed by atoms with Crippen LogP contribution in [0.3, 0.4) is 0 Å². The van der Waals surface area contributed by atoms with Crippen LogP contribution in [0.4, 0.5) is 0 Å². The summed E-state index contributed by atoms with van der Waals surface area (Å²) in [4.78, 5) is 5.17. The zero-order valence-corrected chi connectivity index (χ0v) is 12.2. The van der Waals surface area contributed by atoms with Crippen molar-refractivity contribution < 1.29 is 0 Å². The lowest BCUT2D eigenvalue weighted by molar-refractivity contribution is 0.0614. The summed E-state index contributed by atoms with van der Waals surface area (Å²) in [5.74, 6) is 0. The minimum absolute atomic E-state index is 0.330. The second-order valence-corrected chi connectivity index (χ2v) is 6.31. The van der Waals surface area contributed by atoms with Crippen LogP contribution >= 0.6 is 0 Å². The van der Waals surface area contributed by atoms with E-state index in [1.54, 1.807) is 0 Å². The fourth-order valence-electron chi connectivity index (χ4n) is 2.42. The number of hydrogen-bond donors (Lipinski definition) is 1. The van der Waals surface area contributed by atoms with Crippen molar-refractivity contribution in [2.45, 2.75) is 58.5 Å². The number of hydrogen-bond acceptors (Lipinski definition) is 3. The highest BCUT2D eigenvalue weighted by Gasteiger charge is 2.25. The Balaban J connectivity index is 2.15. The van der Waals surface area contributed by atoms with Crippen molar-refractivity contribution in [3.8, 4) is 0 Å². The molecule has 102 valence electrons. The SMILES string of the molecule is CCC(N)CCCN1CCN(C(C)(C)C)CC1. The van der Waals surface area contributed by atoms with Gasteiger partial charge in [-0.3, -0.25) is 4.90 Å². The van der Waals surface area contributed by atoms with E-state index in [0.717, 1.165) is 6.42 Å². The normalized spacial score (nSPS) is 21.7. The fraction of sp³-hybridized carbons (Fsp3) is 1.00. The first kappa shape index (κ1) is 14.9.